The summed E-state index contributed by atoms with van der Waals surface area (Å²) < 4.78 is 12.6. The molecule has 0 aliphatic carbocycles. The molecule has 0 saturated carbocycles. The molecule has 2 rings (SSSR count). The normalized spacial score (nSPS) is 14.5. The Labute approximate surface area is 107 Å². The highest BCUT2D eigenvalue weighted by molar-refractivity contribution is 9.10. The molecule has 5 nitrogen and oxygen atoms in total. The fourth-order valence-corrected chi connectivity index (χ4v) is 1.52. The molecule has 0 N–H and O–H groups in total. The van der Waals surface area contributed by atoms with Crippen molar-refractivity contribution >= 4 is 27.6 Å². The number of rotatable bonds is 5. The van der Waals surface area contributed by atoms with E-state index in [1.807, 2.05) is 4.90 Å². The van der Waals surface area contributed by atoms with Gasteiger partial charge in [-0.2, -0.15) is 0 Å². The first kappa shape index (κ1) is 12.2. The highest BCUT2D eigenvalue weighted by Crippen LogP contribution is 2.15. The van der Waals surface area contributed by atoms with E-state index in [0.717, 1.165) is 10.2 Å². The van der Waals surface area contributed by atoms with E-state index in [4.69, 9.17) is 4.84 Å². The summed E-state index contributed by atoms with van der Waals surface area (Å²) in [5.41, 5.74) is 0.926. The third-order valence-electron chi connectivity index (χ3n) is 2.20. The van der Waals surface area contributed by atoms with Gasteiger partial charge in [0.1, 0.15) is 6.61 Å². The van der Waals surface area contributed by atoms with E-state index < -0.39 is 0 Å². The van der Waals surface area contributed by atoms with Crippen molar-refractivity contribution in [2.45, 2.75) is 6.42 Å². The number of halogens is 2. The Morgan fingerprint density at radius 1 is 1.41 bits per heavy atom. The van der Waals surface area contributed by atoms with E-state index in [9.17, 15) is 4.39 Å². The lowest BCUT2D eigenvalue weighted by atomic mass is 10.2. The van der Waals surface area contributed by atoms with Gasteiger partial charge in [0.2, 0.25) is 5.95 Å². The molecule has 1 aromatic rings. The van der Waals surface area contributed by atoms with Crippen LogP contribution in [0.3, 0.4) is 0 Å². The first-order chi connectivity index (χ1) is 8.29. The Morgan fingerprint density at radius 2 is 2.12 bits per heavy atom. The van der Waals surface area contributed by atoms with Gasteiger partial charge in [-0.3, -0.25) is 4.39 Å². The minimum Gasteiger partial charge on any atom is -0.396 e. The Bertz CT molecular complexity index is 390. The molecule has 1 aromatic heterocycles. The van der Waals surface area contributed by atoms with Crippen molar-refractivity contribution in [3.05, 3.63) is 16.9 Å². The van der Waals surface area contributed by atoms with Crippen molar-refractivity contribution in [2.75, 3.05) is 31.3 Å². The average molecular weight is 303 g/mol. The smallest absolute Gasteiger partial charge is 0.226 e. The minimum atomic E-state index is -0.371. The Kier molecular flexibility index (Phi) is 4.24. The number of nitrogens with zero attached hydrogens (tertiary/aromatic N) is 4. The van der Waals surface area contributed by atoms with Crippen LogP contribution in [0.5, 0.6) is 0 Å². The zero-order valence-electron chi connectivity index (χ0n) is 9.14. The third-order valence-corrected chi connectivity index (χ3v) is 2.61. The first-order valence-electron chi connectivity index (χ1n) is 5.26. The van der Waals surface area contributed by atoms with E-state index in [1.165, 1.54) is 0 Å². The second-order valence-corrected chi connectivity index (χ2v) is 4.51. The fraction of sp³-hybridized carbons (Fsp3) is 0.500. The van der Waals surface area contributed by atoms with E-state index in [1.54, 1.807) is 12.4 Å². The number of hydrogen-bond donors (Lipinski definition) is 0. The molecule has 0 bridgehead atoms. The van der Waals surface area contributed by atoms with Crippen molar-refractivity contribution < 1.29 is 9.23 Å². The van der Waals surface area contributed by atoms with Crippen molar-refractivity contribution in [2.24, 2.45) is 5.16 Å². The largest absolute Gasteiger partial charge is 0.396 e. The van der Waals surface area contributed by atoms with Gasteiger partial charge in [-0.15, -0.1) is 0 Å². The summed E-state index contributed by atoms with van der Waals surface area (Å²) in [7, 11) is 0. The summed E-state index contributed by atoms with van der Waals surface area (Å²) >= 11 is 3.28. The predicted octanol–water partition coefficient (Wildman–Crippen LogP) is 1.79. The molecule has 0 radical (unpaired) electrons. The Hall–Kier alpha value is -1.24. The van der Waals surface area contributed by atoms with Crippen LogP contribution in [-0.2, 0) is 4.84 Å². The molecule has 1 saturated heterocycles. The zero-order valence-corrected chi connectivity index (χ0v) is 10.7. The maximum atomic E-state index is 11.8. The van der Waals surface area contributed by atoms with Gasteiger partial charge in [0, 0.05) is 18.8 Å². The van der Waals surface area contributed by atoms with E-state index >= 15 is 0 Å². The highest BCUT2D eigenvalue weighted by Gasteiger charge is 2.24. The molecule has 92 valence electrons. The van der Waals surface area contributed by atoms with Crippen LogP contribution in [0, 0.1) is 0 Å². The van der Waals surface area contributed by atoms with Gasteiger partial charge in [-0.25, -0.2) is 9.97 Å². The molecule has 0 atom stereocenters. The second-order valence-electron chi connectivity index (χ2n) is 3.59. The van der Waals surface area contributed by atoms with Crippen LogP contribution in [0.4, 0.5) is 10.3 Å². The molecule has 7 heteroatoms. The maximum absolute atomic E-state index is 11.8. The summed E-state index contributed by atoms with van der Waals surface area (Å²) in [6, 6.07) is 0. The van der Waals surface area contributed by atoms with E-state index in [-0.39, 0.29) is 6.67 Å². The quantitative estimate of drug-likeness (QED) is 0.615. The average Bonchev–Trinajstić information content (AvgIpc) is 2.28. The van der Waals surface area contributed by atoms with Gasteiger partial charge in [-0.05, 0) is 15.9 Å². The molecule has 0 amide bonds. The maximum Gasteiger partial charge on any atom is 0.226 e. The Balaban J connectivity index is 1.76. The number of oxime groups is 1. The molecule has 0 aromatic carbocycles. The van der Waals surface area contributed by atoms with Crippen molar-refractivity contribution in [1.82, 2.24) is 9.97 Å². The van der Waals surface area contributed by atoms with Gasteiger partial charge in [0.25, 0.3) is 0 Å². The molecule has 0 unspecified atom stereocenters. The first-order valence-corrected chi connectivity index (χ1v) is 6.05. The summed E-state index contributed by atoms with van der Waals surface area (Å²) in [5, 5.41) is 3.90. The van der Waals surface area contributed by atoms with Crippen molar-refractivity contribution in [1.29, 1.82) is 0 Å². The molecular weight excluding hydrogens is 291 g/mol. The summed E-state index contributed by atoms with van der Waals surface area (Å²) in [4.78, 5) is 15.3. The molecule has 1 aliphatic heterocycles. The van der Waals surface area contributed by atoms with Crippen LogP contribution in [0.2, 0.25) is 0 Å². The zero-order chi connectivity index (χ0) is 12.1. The van der Waals surface area contributed by atoms with Gasteiger partial charge in [0.05, 0.1) is 29.9 Å². The Morgan fingerprint density at radius 3 is 2.76 bits per heavy atom. The van der Waals surface area contributed by atoms with Gasteiger partial charge in [-0.1, -0.05) is 5.16 Å². The number of hydrogen-bond acceptors (Lipinski definition) is 5. The fourth-order valence-electron chi connectivity index (χ4n) is 1.32. The topological polar surface area (TPSA) is 50.6 Å². The highest BCUT2D eigenvalue weighted by atomic mass is 79.9. The minimum absolute atomic E-state index is 0.328. The van der Waals surface area contributed by atoms with Crippen LogP contribution in [-0.4, -0.2) is 42.1 Å². The van der Waals surface area contributed by atoms with Crippen LogP contribution in [0.1, 0.15) is 6.42 Å². The second kappa shape index (κ2) is 5.90. The molecule has 0 spiro atoms. The summed E-state index contributed by atoms with van der Waals surface area (Å²) in [6.07, 6.45) is 3.79. The molecular formula is C10H12BrFN4O. The van der Waals surface area contributed by atoms with E-state index in [0.29, 0.717) is 32.1 Å². The van der Waals surface area contributed by atoms with Crippen LogP contribution < -0.4 is 4.90 Å². The van der Waals surface area contributed by atoms with Gasteiger partial charge >= 0.3 is 0 Å². The summed E-state index contributed by atoms with van der Waals surface area (Å²) in [5.74, 6) is 0.677. The predicted molar refractivity (Wildman–Crippen MR) is 65.9 cm³/mol. The van der Waals surface area contributed by atoms with Gasteiger partial charge < -0.3 is 9.74 Å². The lowest BCUT2D eigenvalue weighted by molar-refractivity contribution is 0.134. The SMILES string of the molecule is FCCCON=C1CN(c2ncc(Br)cn2)C1. The van der Waals surface area contributed by atoms with Crippen LogP contribution in [0.25, 0.3) is 0 Å². The lowest BCUT2D eigenvalue weighted by Gasteiger charge is -2.31. The number of anilines is 1. The third kappa shape index (κ3) is 3.36. The van der Waals surface area contributed by atoms with Crippen LogP contribution >= 0.6 is 15.9 Å². The van der Waals surface area contributed by atoms with E-state index in [2.05, 4.69) is 31.1 Å². The van der Waals surface area contributed by atoms with Crippen molar-refractivity contribution in [3.8, 4) is 0 Å². The van der Waals surface area contributed by atoms with Crippen LogP contribution in [0.15, 0.2) is 22.0 Å². The summed E-state index contributed by atoms with van der Waals surface area (Å²) in [6.45, 7) is 1.28. The standard InChI is InChI=1S/C10H12BrFN4O/c11-8-4-13-10(14-5-8)16-6-9(7-16)15-17-3-1-2-12/h4-5H,1-3,6-7H2. The molecule has 1 aliphatic rings. The van der Waals surface area contributed by atoms with Crippen molar-refractivity contribution in [3.63, 3.8) is 0 Å². The number of aromatic nitrogens is 2. The molecule has 2 heterocycles. The molecule has 1 fully saturated rings. The monoisotopic (exact) mass is 302 g/mol. The van der Waals surface area contributed by atoms with Gasteiger partial charge in [0.15, 0.2) is 0 Å². The molecule has 17 heavy (non-hydrogen) atoms. The number of alkyl halides is 1. The lowest BCUT2D eigenvalue weighted by Crippen LogP contribution is -2.48.